The third-order valence-corrected chi connectivity index (χ3v) is 5.79. The lowest BCUT2D eigenvalue weighted by Crippen LogP contribution is -2.41. The molecule has 0 saturated carbocycles. The van der Waals surface area contributed by atoms with Crippen molar-refractivity contribution in [3.8, 4) is 0 Å². The molecule has 1 saturated heterocycles. The topological polar surface area (TPSA) is 79.2 Å². The molecule has 4 atom stereocenters. The predicted octanol–water partition coefficient (Wildman–Crippen LogP) is 4.29. The van der Waals surface area contributed by atoms with Gasteiger partial charge in [-0.05, 0) is 18.6 Å². The van der Waals surface area contributed by atoms with Gasteiger partial charge in [-0.25, -0.2) is 0 Å². The molecule has 0 radical (unpaired) electrons. The van der Waals surface area contributed by atoms with Gasteiger partial charge in [-0.15, -0.1) is 0 Å². The molecule has 6 heteroatoms. The summed E-state index contributed by atoms with van der Waals surface area (Å²) in [6.07, 6.45) is 14.0. The zero-order valence-electron chi connectivity index (χ0n) is 17.7. The molecular formula is C22H42O5S. The Kier molecular flexibility index (Phi) is 15.2. The summed E-state index contributed by atoms with van der Waals surface area (Å²) in [7, 11) is 0. The summed E-state index contributed by atoms with van der Waals surface area (Å²) in [5.74, 6) is 0. The predicted molar refractivity (Wildman–Crippen MR) is 117 cm³/mol. The van der Waals surface area contributed by atoms with Crippen molar-refractivity contribution in [1.82, 2.24) is 0 Å². The lowest BCUT2D eigenvalue weighted by atomic mass is 10.0. The molecule has 28 heavy (non-hydrogen) atoms. The third kappa shape index (κ3) is 11.7. The molecule has 0 amide bonds. The van der Waals surface area contributed by atoms with Gasteiger partial charge in [-0.1, -0.05) is 84.0 Å². The van der Waals surface area contributed by atoms with E-state index in [2.05, 4.69) is 6.92 Å². The van der Waals surface area contributed by atoms with Crippen LogP contribution in [0.5, 0.6) is 0 Å². The molecule has 0 unspecified atom stereocenters. The fourth-order valence-corrected chi connectivity index (χ4v) is 3.81. The highest BCUT2D eigenvalue weighted by Gasteiger charge is 2.39. The lowest BCUT2D eigenvalue weighted by molar-refractivity contribution is -0.0663. The van der Waals surface area contributed by atoms with Crippen molar-refractivity contribution in [3.05, 3.63) is 0 Å². The average molecular weight is 419 g/mol. The van der Waals surface area contributed by atoms with E-state index >= 15 is 0 Å². The van der Waals surface area contributed by atoms with E-state index in [1.165, 1.54) is 70.6 Å². The van der Waals surface area contributed by atoms with Gasteiger partial charge in [0.15, 0.2) is 5.05 Å². The zero-order chi connectivity index (χ0) is 20.6. The largest absolute Gasteiger partial charge is 0.484 e. The molecule has 0 aliphatic carbocycles. The number of hydrogen-bond donors (Lipinski definition) is 3. The van der Waals surface area contributed by atoms with Crippen LogP contribution in [0.15, 0.2) is 0 Å². The van der Waals surface area contributed by atoms with Crippen LogP contribution in [-0.2, 0) is 9.47 Å². The molecule has 1 aliphatic rings. The molecule has 5 nitrogen and oxygen atoms in total. The summed E-state index contributed by atoms with van der Waals surface area (Å²) in [5, 5.41) is 29.6. The van der Waals surface area contributed by atoms with E-state index < -0.39 is 24.4 Å². The molecule has 1 aliphatic heterocycles. The van der Waals surface area contributed by atoms with Crippen LogP contribution in [0.2, 0.25) is 0 Å². The molecule has 0 spiro atoms. The van der Waals surface area contributed by atoms with Crippen molar-refractivity contribution in [2.24, 2.45) is 0 Å². The molecule has 1 heterocycles. The van der Waals surface area contributed by atoms with Gasteiger partial charge >= 0.3 is 0 Å². The van der Waals surface area contributed by atoms with Crippen LogP contribution in [0.3, 0.4) is 0 Å². The van der Waals surface area contributed by atoms with Gasteiger partial charge in [-0.3, -0.25) is 0 Å². The Hall–Kier alpha value is -0.270. The normalized spacial score (nSPS) is 23.1. The first-order chi connectivity index (χ1) is 13.6. The van der Waals surface area contributed by atoms with Gasteiger partial charge in [-0.2, -0.15) is 0 Å². The van der Waals surface area contributed by atoms with E-state index in [1.54, 1.807) is 0 Å². The van der Waals surface area contributed by atoms with Gasteiger partial charge in [0.05, 0.1) is 6.61 Å². The minimum Gasteiger partial charge on any atom is -0.484 e. The molecular weight excluding hydrogens is 376 g/mol. The Morgan fingerprint density at radius 3 is 1.89 bits per heavy atom. The van der Waals surface area contributed by atoms with Gasteiger partial charge in [0.2, 0.25) is 0 Å². The summed E-state index contributed by atoms with van der Waals surface area (Å²) >= 11 is 5.20. The van der Waals surface area contributed by atoms with Crippen molar-refractivity contribution in [1.29, 1.82) is 0 Å². The Morgan fingerprint density at radius 1 is 0.929 bits per heavy atom. The second-order valence-electron chi connectivity index (χ2n) is 8.10. The molecule has 0 aromatic heterocycles. The summed E-state index contributed by atoms with van der Waals surface area (Å²) in [5.41, 5.74) is 0. The summed E-state index contributed by atoms with van der Waals surface area (Å²) in [4.78, 5) is 0. The summed E-state index contributed by atoms with van der Waals surface area (Å²) in [6, 6.07) is 0. The number of hydrogen-bond acceptors (Lipinski definition) is 6. The van der Waals surface area contributed by atoms with E-state index in [9.17, 15) is 15.3 Å². The standard InChI is InChI=1S/C22H42O5S/c1-2-3-4-5-6-7-8-9-10-11-12-13-14-15-20(28)26-17-19(24)22-21(25)18(23)16-27-22/h18-19,21-25H,2-17H2,1H3/t18-,19+,21+,22+/m0/s1. The van der Waals surface area contributed by atoms with Crippen molar-refractivity contribution in [2.45, 2.75) is 121 Å². The Balaban J connectivity index is 1.86. The van der Waals surface area contributed by atoms with Gasteiger partial charge in [0.1, 0.15) is 31.0 Å². The second kappa shape index (κ2) is 16.5. The highest BCUT2D eigenvalue weighted by Crippen LogP contribution is 2.18. The van der Waals surface area contributed by atoms with Gasteiger partial charge < -0.3 is 24.8 Å². The number of thiocarbonyl (C=S) groups is 1. The monoisotopic (exact) mass is 418 g/mol. The SMILES string of the molecule is CCCCCCCCCCCCCCCC(=S)OC[C@@H](O)[C@H]1OC[C@H](O)[C@H]1O. The Bertz CT molecular complexity index is 393. The number of rotatable bonds is 17. The van der Waals surface area contributed by atoms with E-state index in [1.807, 2.05) is 0 Å². The van der Waals surface area contributed by atoms with Crippen LogP contribution in [-0.4, -0.2) is 58.0 Å². The van der Waals surface area contributed by atoms with Gasteiger partial charge in [0.25, 0.3) is 0 Å². The van der Waals surface area contributed by atoms with Crippen molar-refractivity contribution < 1.29 is 24.8 Å². The third-order valence-electron chi connectivity index (χ3n) is 5.47. The maximum atomic E-state index is 9.99. The number of unbranched alkanes of at least 4 members (excludes halogenated alkanes) is 12. The van der Waals surface area contributed by atoms with E-state index in [0.29, 0.717) is 5.05 Å². The fourth-order valence-electron chi connectivity index (χ4n) is 3.60. The molecule has 0 bridgehead atoms. The molecule has 0 aromatic rings. The Morgan fingerprint density at radius 2 is 1.43 bits per heavy atom. The first-order valence-corrected chi connectivity index (χ1v) is 11.8. The summed E-state index contributed by atoms with van der Waals surface area (Å²) in [6.45, 7) is 2.29. The maximum absolute atomic E-state index is 9.99. The second-order valence-corrected chi connectivity index (χ2v) is 8.55. The van der Waals surface area contributed by atoms with E-state index in [4.69, 9.17) is 21.7 Å². The zero-order valence-corrected chi connectivity index (χ0v) is 18.5. The van der Waals surface area contributed by atoms with Crippen LogP contribution in [0.4, 0.5) is 0 Å². The van der Waals surface area contributed by atoms with Crippen LogP contribution in [0.25, 0.3) is 0 Å². The van der Waals surface area contributed by atoms with E-state index in [0.717, 1.165) is 19.3 Å². The van der Waals surface area contributed by atoms with Crippen LogP contribution < -0.4 is 0 Å². The maximum Gasteiger partial charge on any atom is 0.159 e. The summed E-state index contributed by atoms with van der Waals surface area (Å²) < 4.78 is 10.6. The number of aliphatic hydroxyl groups excluding tert-OH is 3. The molecule has 0 aromatic carbocycles. The molecule has 166 valence electrons. The first-order valence-electron chi connectivity index (χ1n) is 11.4. The minimum atomic E-state index is -1.08. The first kappa shape index (κ1) is 25.8. The minimum absolute atomic E-state index is 0.00821. The van der Waals surface area contributed by atoms with Crippen molar-refractivity contribution in [2.75, 3.05) is 13.2 Å². The van der Waals surface area contributed by atoms with Crippen molar-refractivity contribution in [3.63, 3.8) is 0 Å². The quantitative estimate of drug-likeness (QED) is 0.241. The highest BCUT2D eigenvalue weighted by molar-refractivity contribution is 7.80. The smallest absolute Gasteiger partial charge is 0.159 e. The van der Waals surface area contributed by atoms with Crippen LogP contribution >= 0.6 is 12.2 Å². The average Bonchev–Trinajstić information content (AvgIpc) is 3.02. The fraction of sp³-hybridized carbons (Fsp3) is 0.955. The molecule has 1 rings (SSSR count). The van der Waals surface area contributed by atoms with Gasteiger partial charge in [0, 0.05) is 6.42 Å². The van der Waals surface area contributed by atoms with Crippen molar-refractivity contribution >= 4 is 17.3 Å². The highest BCUT2D eigenvalue weighted by atomic mass is 32.1. The number of aliphatic hydroxyl groups is 3. The van der Waals surface area contributed by atoms with Crippen LogP contribution in [0.1, 0.15) is 96.8 Å². The van der Waals surface area contributed by atoms with E-state index in [-0.39, 0.29) is 13.2 Å². The number of ether oxygens (including phenoxy) is 2. The molecule has 1 fully saturated rings. The molecule has 3 N–H and O–H groups in total. The lowest BCUT2D eigenvalue weighted by Gasteiger charge is -2.21. The van der Waals surface area contributed by atoms with Crippen LogP contribution in [0, 0.1) is 0 Å². The Labute approximate surface area is 176 Å².